The van der Waals surface area contributed by atoms with E-state index in [-0.39, 0.29) is 0 Å². The van der Waals surface area contributed by atoms with Crippen LogP contribution < -0.4 is 5.32 Å². The minimum Gasteiger partial charge on any atom is -0.368 e. The molecule has 5 nitrogen and oxygen atoms in total. The summed E-state index contributed by atoms with van der Waals surface area (Å²) in [6.45, 7) is 7.30. The molecule has 3 aromatic rings. The molecule has 1 aliphatic heterocycles. The topological polar surface area (TPSA) is 53.9 Å². The Balaban J connectivity index is 1.58. The number of thiophene rings is 1. The molecule has 0 radical (unpaired) electrons. The van der Waals surface area contributed by atoms with Crippen LogP contribution in [0.1, 0.15) is 35.0 Å². The van der Waals surface area contributed by atoms with Crippen LogP contribution in [0.2, 0.25) is 0 Å². The van der Waals surface area contributed by atoms with E-state index in [1.807, 2.05) is 36.5 Å². The molecule has 1 fully saturated rings. The number of nitrogens with one attached hydrogen (secondary N) is 1. The molecule has 4 rings (SSSR count). The van der Waals surface area contributed by atoms with Gasteiger partial charge in [0.1, 0.15) is 11.5 Å². The van der Waals surface area contributed by atoms with E-state index in [1.54, 1.807) is 6.20 Å². The molecule has 0 aromatic carbocycles. The number of hydrogen-bond donors (Lipinski definition) is 1. The summed E-state index contributed by atoms with van der Waals surface area (Å²) in [5, 5.41) is 5.78. The van der Waals surface area contributed by atoms with Crippen molar-refractivity contribution in [3.63, 3.8) is 0 Å². The van der Waals surface area contributed by atoms with E-state index in [0.29, 0.717) is 11.9 Å². The second kappa shape index (κ2) is 8.15. The highest BCUT2D eigenvalue weighted by Crippen LogP contribution is 2.29. The van der Waals surface area contributed by atoms with Gasteiger partial charge in [0.15, 0.2) is 5.82 Å². The molecule has 27 heavy (non-hydrogen) atoms. The van der Waals surface area contributed by atoms with Gasteiger partial charge in [-0.05, 0) is 63.4 Å². The predicted molar refractivity (Wildman–Crippen MR) is 111 cm³/mol. The zero-order valence-electron chi connectivity index (χ0n) is 15.9. The van der Waals surface area contributed by atoms with E-state index in [1.165, 1.54) is 30.8 Å². The van der Waals surface area contributed by atoms with E-state index < -0.39 is 0 Å². The summed E-state index contributed by atoms with van der Waals surface area (Å²) in [5.41, 5.74) is 2.89. The van der Waals surface area contributed by atoms with E-state index >= 15 is 0 Å². The first-order chi connectivity index (χ1) is 13.2. The fourth-order valence-electron chi connectivity index (χ4n) is 3.55. The van der Waals surface area contributed by atoms with Crippen LogP contribution in [0.15, 0.2) is 41.9 Å². The fourth-order valence-corrected chi connectivity index (χ4v) is 4.41. The molecule has 1 atom stereocenters. The normalized spacial score (nSPS) is 15.8. The Morgan fingerprint density at radius 3 is 2.67 bits per heavy atom. The van der Waals surface area contributed by atoms with Gasteiger partial charge < -0.3 is 5.32 Å². The highest BCUT2D eigenvalue weighted by atomic mass is 32.1. The number of rotatable bonds is 6. The van der Waals surface area contributed by atoms with Crippen molar-refractivity contribution in [2.45, 2.75) is 32.7 Å². The molecular weight excluding hydrogens is 354 g/mol. The summed E-state index contributed by atoms with van der Waals surface area (Å²) >= 11 is 1.84. The van der Waals surface area contributed by atoms with Gasteiger partial charge in [0.05, 0.1) is 6.04 Å². The number of aryl methyl sites for hydroxylation is 1. The van der Waals surface area contributed by atoms with Crippen molar-refractivity contribution in [2.75, 3.05) is 25.0 Å². The van der Waals surface area contributed by atoms with Gasteiger partial charge >= 0.3 is 0 Å². The Kier molecular flexibility index (Phi) is 5.45. The first-order valence-electron chi connectivity index (χ1n) is 9.50. The van der Waals surface area contributed by atoms with Gasteiger partial charge in [-0.25, -0.2) is 9.97 Å². The van der Waals surface area contributed by atoms with Crippen molar-refractivity contribution in [3.8, 4) is 11.5 Å². The smallest absolute Gasteiger partial charge is 0.180 e. The lowest BCUT2D eigenvalue weighted by molar-refractivity contribution is 0.259. The largest absolute Gasteiger partial charge is 0.368 e. The molecular formula is C21H25N5S. The third-order valence-electron chi connectivity index (χ3n) is 5.20. The molecule has 0 saturated carbocycles. The van der Waals surface area contributed by atoms with Crippen LogP contribution in [-0.2, 0) is 0 Å². The first-order valence-corrected chi connectivity index (χ1v) is 10.4. The highest BCUT2D eigenvalue weighted by Gasteiger charge is 2.24. The van der Waals surface area contributed by atoms with Gasteiger partial charge in [-0.2, -0.15) is 0 Å². The van der Waals surface area contributed by atoms with Crippen molar-refractivity contribution in [3.05, 3.63) is 58.0 Å². The molecule has 0 amide bonds. The number of likely N-dealkylation sites (tertiary alicyclic amines) is 1. The van der Waals surface area contributed by atoms with Gasteiger partial charge in [0.2, 0.25) is 0 Å². The fraction of sp³-hybridized carbons (Fsp3) is 0.381. The third kappa shape index (κ3) is 4.01. The van der Waals surface area contributed by atoms with Gasteiger partial charge in [0.25, 0.3) is 0 Å². The van der Waals surface area contributed by atoms with Crippen molar-refractivity contribution < 1.29 is 0 Å². The summed E-state index contributed by atoms with van der Waals surface area (Å²) in [6.07, 6.45) is 4.36. The quantitative estimate of drug-likeness (QED) is 0.685. The number of pyridine rings is 1. The molecule has 0 aliphatic carbocycles. The lowest BCUT2D eigenvalue weighted by Crippen LogP contribution is -2.30. The zero-order valence-corrected chi connectivity index (χ0v) is 16.7. The molecule has 1 N–H and O–H groups in total. The van der Waals surface area contributed by atoms with Crippen molar-refractivity contribution in [1.29, 1.82) is 0 Å². The maximum Gasteiger partial charge on any atom is 0.180 e. The van der Waals surface area contributed by atoms with Gasteiger partial charge in [-0.3, -0.25) is 9.88 Å². The predicted octanol–water partition coefficient (Wildman–Crippen LogP) is 4.47. The minimum atomic E-state index is 0.389. The Morgan fingerprint density at radius 1 is 1.11 bits per heavy atom. The zero-order chi connectivity index (χ0) is 18.6. The average Bonchev–Trinajstić information content (AvgIpc) is 3.40. The SMILES string of the molecule is Cc1nc(-c2ccccn2)nc(NCC(c2cccs2)N2CCCC2)c1C. The summed E-state index contributed by atoms with van der Waals surface area (Å²) in [7, 11) is 0. The summed E-state index contributed by atoms with van der Waals surface area (Å²) in [6, 6.07) is 10.6. The molecule has 4 heterocycles. The van der Waals surface area contributed by atoms with Crippen LogP contribution in [0.5, 0.6) is 0 Å². The first kappa shape index (κ1) is 18.1. The third-order valence-corrected chi connectivity index (χ3v) is 6.17. The molecule has 1 saturated heterocycles. The van der Waals surface area contributed by atoms with Crippen LogP contribution in [0, 0.1) is 13.8 Å². The van der Waals surface area contributed by atoms with Crippen LogP contribution in [0.3, 0.4) is 0 Å². The summed E-state index contributed by atoms with van der Waals surface area (Å²) in [5.74, 6) is 1.58. The van der Waals surface area contributed by atoms with Crippen molar-refractivity contribution in [2.24, 2.45) is 0 Å². The Morgan fingerprint density at radius 2 is 1.96 bits per heavy atom. The molecule has 1 unspecified atom stereocenters. The second-order valence-corrected chi connectivity index (χ2v) is 7.96. The Labute approximate surface area is 164 Å². The van der Waals surface area contributed by atoms with E-state index in [9.17, 15) is 0 Å². The van der Waals surface area contributed by atoms with Gasteiger partial charge in [-0.15, -0.1) is 11.3 Å². The van der Waals surface area contributed by atoms with Crippen molar-refractivity contribution in [1.82, 2.24) is 19.9 Å². The number of hydrogen-bond acceptors (Lipinski definition) is 6. The van der Waals surface area contributed by atoms with Crippen LogP contribution in [-0.4, -0.2) is 39.5 Å². The Hall–Kier alpha value is -2.31. The monoisotopic (exact) mass is 379 g/mol. The Bertz CT molecular complexity index is 873. The van der Waals surface area contributed by atoms with E-state index in [0.717, 1.165) is 29.3 Å². The lowest BCUT2D eigenvalue weighted by atomic mass is 10.2. The van der Waals surface area contributed by atoms with Crippen LogP contribution in [0.25, 0.3) is 11.5 Å². The highest BCUT2D eigenvalue weighted by molar-refractivity contribution is 7.10. The number of nitrogens with zero attached hydrogens (tertiary/aromatic N) is 4. The molecule has 1 aliphatic rings. The molecule has 0 spiro atoms. The van der Waals surface area contributed by atoms with Crippen molar-refractivity contribution >= 4 is 17.2 Å². The van der Waals surface area contributed by atoms with Crippen LogP contribution in [0.4, 0.5) is 5.82 Å². The van der Waals surface area contributed by atoms with Gasteiger partial charge in [0, 0.05) is 28.9 Å². The molecule has 6 heteroatoms. The lowest BCUT2D eigenvalue weighted by Gasteiger charge is -2.27. The minimum absolute atomic E-state index is 0.389. The molecule has 140 valence electrons. The second-order valence-electron chi connectivity index (χ2n) is 6.98. The summed E-state index contributed by atoms with van der Waals surface area (Å²) < 4.78 is 0. The molecule has 3 aromatic heterocycles. The maximum atomic E-state index is 4.78. The van der Waals surface area contributed by atoms with Crippen LogP contribution >= 0.6 is 11.3 Å². The standard InChI is InChI=1S/C21H25N5S/c1-15-16(2)24-21(17-8-3-4-10-22-17)25-20(15)23-14-18(19-9-7-13-27-19)26-11-5-6-12-26/h3-4,7-10,13,18H,5-6,11-12,14H2,1-2H3,(H,23,24,25). The van der Waals surface area contributed by atoms with E-state index in [2.05, 4.69) is 44.6 Å². The molecule has 0 bridgehead atoms. The summed E-state index contributed by atoms with van der Waals surface area (Å²) in [4.78, 5) is 17.8. The van der Waals surface area contributed by atoms with E-state index in [4.69, 9.17) is 4.98 Å². The average molecular weight is 380 g/mol. The maximum absolute atomic E-state index is 4.78. The van der Waals surface area contributed by atoms with Gasteiger partial charge in [-0.1, -0.05) is 12.1 Å². The number of aromatic nitrogens is 3. The number of anilines is 1.